The number of cyclic esters (lactones) is 1. The van der Waals surface area contributed by atoms with E-state index in [1.165, 1.54) is 19.6 Å². The summed E-state index contributed by atoms with van der Waals surface area (Å²) in [5.74, 6) is -0.558. The summed E-state index contributed by atoms with van der Waals surface area (Å²) in [6, 6.07) is 0. The van der Waals surface area contributed by atoms with E-state index < -0.39 is 186 Å². The fraction of sp³-hybridized carbons (Fsp3) is 0.907. The minimum Gasteiger partial charge on any atom is -0.726 e. The fourth-order valence-corrected chi connectivity index (χ4v) is 16.7. The van der Waals surface area contributed by atoms with Crippen LogP contribution in [-0.2, 0) is 66.7 Å². The van der Waals surface area contributed by atoms with Gasteiger partial charge in [-0.25, -0.2) is 8.42 Å². The van der Waals surface area contributed by atoms with Crippen LogP contribution in [0.2, 0.25) is 0 Å². The van der Waals surface area contributed by atoms with Crippen LogP contribution in [0.15, 0.2) is 23.3 Å². The largest absolute Gasteiger partial charge is 1.00 e. The first-order valence-corrected chi connectivity index (χ1v) is 29.4. The minimum atomic E-state index is -5.42. The smallest absolute Gasteiger partial charge is 0.726 e. The van der Waals surface area contributed by atoms with Gasteiger partial charge < -0.3 is 103 Å². The number of rotatable bonds is 16. The van der Waals surface area contributed by atoms with Gasteiger partial charge in [0.2, 0.25) is 10.4 Å². The molecule has 9 rings (SSSR count). The fourth-order valence-electron chi connectivity index (χ4n) is 16.2. The minimum absolute atomic E-state index is 0. The maximum absolute atomic E-state index is 14.4. The molecule has 28 atom stereocenters. The Balaban J connectivity index is 0.00000860. The molecular weight excluding hydrogens is 1100 g/mol. The molecule has 0 bridgehead atoms. The van der Waals surface area contributed by atoms with Crippen molar-refractivity contribution in [2.24, 2.45) is 39.4 Å². The van der Waals surface area contributed by atoms with Crippen LogP contribution in [0.25, 0.3) is 0 Å². The van der Waals surface area contributed by atoms with Crippen LogP contribution in [-0.4, -0.2) is 231 Å². The quantitative estimate of drug-likeness (QED) is 0.0176. The number of hydrogen-bond acceptors (Lipinski definition) is 25. The van der Waals surface area contributed by atoms with Crippen LogP contribution in [0.4, 0.5) is 0 Å². The van der Waals surface area contributed by atoms with Crippen molar-refractivity contribution in [1.82, 2.24) is 0 Å². The summed E-state index contributed by atoms with van der Waals surface area (Å²) < 4.78 is 99.9. The second-order valence-electron chi connectivity index (χ2n) is 25.4. The average molecular weight is 1190 g/mol. The number of allylic oxidation sites excluding steroid dienone is 3. The molecule has 5 aliphatic heterocycles. The molecule has 0 radical (unpaired) electrons. The van der Waals surface area contributed by atoms with E-state index in [4.69, 9.17) is 47.4 Å². The number of esters is 1. The molecule has 0 aromatic carbocycles. The zero-order chi connectivity index (χ0) is 58.6. The first kappa shape index (κ1) is 66.0. The predicted octanol–water partition coefficient (Wildman–Crippen LogP) is -3.93. The van der Waals surface area contributed by atoms with Crippen LogP contribution in [0.1, 0.15) is 107 Å². The molecule has 9 aliphatic rings. The van der Waals surface area contributed by atoms with Gasteiger partial charge in [-0.05, 0) is 107 Å². The molecule has 81 heavy (non-hydrogen) atoms. The van der Waals surface area contributed by atoms with Gasteiger partial charge in [0.15, 0.2) is 25.2 Å². The molecule has 10 N–H and O–H groups in total. The number of aliphatic hydroxyl groups is 10. The van der Waals surface area contributed by atoms with E-state index in [0.717, 1.165) is 37.7 Å². The van der Waals surface area contributed by atoms with Gasteiger partial charge in [0.05, 0.1) is 38.1 Å². The Kier molecular flexibility index (Phi) is 20.0. The van der Waals surface area contributed by atoms with Crippen molar-refractivity contribution in [2.45, 2.75) is 241 Å². The van der Waals surface area contributed by atoms with Gasteiger partial charge in [-0.2, -0.15) is 0 Å². The summed E-state index contributed by atoms with van der Waals surface area (Å²) in [5, 5.41) is 112. The predicted molar refractivity (Wildman–Crippen MR) is 270 cm³/mol. The number of carbonyl (C=O) groups is 1. The maximum Gasteiger partial charge on any atom is 1.00 e. The first-order valence-electron chi connectivity index (χ1n) is 28.1. The molecule has 4 aliphatic carbocycles. The van der Waals surface area contributed by atoms with Crippen molar-refractivity contribution >= 4 is 16.4 Å². The Labute approximate surface area is 494 Å². The zero-order valence-electron chi connectivity index (χ0n) is 47.8. The van der Waals surface area contributed by atoms with E-state index in [-0.39, 0.29) is 53.3 Å². The number of ether oxygens (including phenoxy) is 10. The molecule has 458 valence electrons. The van der Waals surface area contributed by atoms with Gasteiger partial charge in [0, 0.05) is 13.0 Å². The molecule has 27 heteroatoms. The molecule has 0 aromatic rings. The van der Waals surface area contributed by atoms with Crippen LogP contribution in [0, 0.1) is 39.4 Å². The van der Waals surface area contributed by atoms with E-state index >= 15 is 0 Å². The normalized spacial score (nSPS) is 50.4. The van der Waals surface area contributed by atoms with Gasteiger partial charge >= 0.3 is 35.5 Å². The molecule has 25 nitrogen and oxygen atoms in total. The Morgan fingerprint density at radius 2 is 1.31 bits per heavy atom. The maximum atomic E-state index is 14.4. The van der Waals surface area contributed by atoms with Crippen molar-refractivity contribution < 1.29 is 150 Å². The molecule has 0 amide bonds. The van der Waals surface area contributed by atoms with E-state index in [1.54, 1.807) is 0 Å². The number of fused-ring (bicyclic) bond motifs is 4. The Morgan fingerprint density at radius 1 is 0.716 bits per heavy atom. The van der Waals surface area contributed by atoms with Gasteiger partial charge in [0.25, 0.3) is 0 Å². The van der Waals surface area contributed by atoms with E-state index in [2.05, 4.69) is 38.0 Å². The zero-order valence-corrected chi connectivity index (χ0v) is 50.6. The molecule has 0 aromatic heterocycles. The van der Waals surface area contributed by atoms with Crippen LogP contribution in [0.3, 0.4) is 0 Å². The second-order valence-corrected chi connectivity index (χ2v) is 26.4. The molecule has 5 saturated heterocycles. The van der Waals surface area contributed by atoms with Crippen molar-refractivity contribution in [3.63, 3.8) is 0 Å². The summed E-state index contributed by atoms with van der Waals surface area (Å²) in [6.45, 7) is 13.8. The number of methoxy groups -OCH3 is 1. The Hall–Kier alpha value is -0.940. The molecule has 8 fully saturated rings. The molecule has 3 unspecified atom stereocenters. The van der Waals surface area contributed by atoms with Crippen LogP contribution < -0.4 is 29.6 Å². The van der Waals surface area contributed by atoms with Crippen molar-refractivity contribution in [1.29, 1.82) is 0 Å². The third-order valence-electron chi connectivity index (χ3n) is 20.3. The summed E-state index contributed by atoms with van der Waals surface area (Å²) in [4.78, 5) is 14.4. The number of carbonyl (C=O) groups excluding carboxylic acids is 1. The van der Waals surface area contributed by atoms with E-state index in [0.29, 0.717) is 19.3 Å². The van der Waals surface area contributed by atoms with Crippen molar-refractivity contribution in [2.75, 3.05) is 26.9 Å². The van der Waals surface area contributed by atoms with Crippen molar-refractivity contribution in [3.05, 3.63) is 23.3 Å². The molecule has 5 heterocycles. The van der Waals surface area contributed by atoms with Gasteiger partial charge in [0.1, 0.15) is 96.5 Å². The summed E-state index contributed by atoms with van der Waals surface area (Å²) in [6.07, 6.45) is -24.4. The van der Waals surface area contributed by atoms with Gasteiger partial charge in [-0.3, -0.25) is 8.98 Å². The van der Waals surface area contributed by atoms with Gasteiger partial charge in [-0.15, -0.1) is 0 Å². The summed E-state index contributed by atoms with van der Waals surface area (Å²) in [7, 11) is -4.24. The SMILES string of the molecule is CO[C@@H]1[C@H](O)[C@H](O[C@@H]2C(O)[C@H](O[C@H]3[C@H](O)[C@@H](O)[C@H](OC4[C@H](O[C@H]5CC[C@]6(C)C7=C[C@@H](O)[C@@]89C(=O)OC(C)(CCC=C(C)C)[C@H]8CC[C@@]9(C)[C@@H]7CC[C@H]6C5(C)C)OC[C@@H](OS(=O)(=O)[O-])[C@@H]4O)O[C@@H]3C)O[C@@H](CO)[C@H]2O)O[C@@H](CO)[C@H]1O.[Na+]. The number of hydrogen-bond donors (Lipinski definition) is 10. The van der Waals surface area contributed by atoms with Crippen molar-refractivity contribution in [3.8, 4) is 0 Å². The third-order valence-corrected chi connectivity index (χ3v) is 20.8. The third kappa shape index (κ3) is 11.4. The Morgan fingerprint density at radius 3 is 1.91 bits per heavy atom. The van der Waals surface area contributed by atoms with E-state index in [1.807, 2.05) is 26.8 Å². The van der Waals surface area contributed by atoms with Crippen LogP contribution >= 0.6 is 0 Å². The molecule has 1 spiro atoms. The average Bonchev–Trinajstić information content (AvgIpc) is 2.10. The topological polar surface area (TPSA) is 378 Å². The van der Waals surface area contributed by atoms with Gasteiger partial charge in [-0.1, -0.05) is 51.0 Å². The number of aliphatic hydroxyl groups excluding tert-OH is 10. The first-order chi connectivity index (χ1) is 37.4. The summed E-state index contributed by atoms with van der Waals surface area (Å²) in [5.41, 5.74) is -1.21. The summed E-state index contributed by atoms with van der Waals surface area (Å²) >= 11 is 0. The van der Waals surface area contributed by atoms with E-state index in [9.17, 15) is 68.8 Å². The standard InChI is InChI=1S/C54H86O25S.Na/c1-23(2)11-10-16-53(8)31-14-18-52(7)25-12-13-30-50(4,5)33(15-17-51(30,6)26(25)19-32(57)54(31,52)49(65)78-53)74-48-44(36(60)29(22-70-48)79-80(66,67)68)77-45-38(62)37(61)41(24(3)71-45)75-47-40(64)43(35(59)28(21-56)73-47)76-46-39(63)42(69-9)34(58)27(20-55)72-46;/h11,19,24-25,27-48,55-64H,10,12-18,20-22H2,1-9H3,(H,66,67,68);/q;+1/p-1/t24-,25-,27+,28+,29-,30+,31-,32-,33+,34-,35-,36+,37-,38-,39+,40?,41-,42+,43+,44?,45+,46+,47+,48+,51-,52+,53?,54-;/m1./s1. The Bertz CT molecular complexity index is 2400. The van der Waals surface area contributed by atoms with Crippen LogP contribution in [0.5, 0.6) is 0 Å². The monoisotopic (exact) mass is 1190 g/mol. The second kappa shape index (κ2) is 24.6. The molecule has 3 saturated carbocycles. The molecular formula is C54H85NaO25S.